The lowest BCUT2D eigenvalue weighted by molar-refractivity contribution is -0.131. The van der Waals surface area contributed by atoms with Gasteiger partial charge in [0.2, 0.25) is 0 Å². The first-order valence-electron chi connectivity index (χ1n) is 8.09. The molecule has 0 saturated carbocycles. The molecule has 132 valence electrons. The molecule has 0 atom stereocenters. The summed E-state index contributed by atoms with van der Waals surface area (Å²) in [7, 11) is 3.21. The maximum atomic E-state index is 11.3. The van der Waals surface area contributed by atoms with Crippen molar-refractivity contribution in [1.82, 2.24) is 4.98 Å². The van der Waals surface area contributed by atoms with Crippen LogP contribution in [0.25, 0.3) is 23.1 Å². The van der Waals surface area contributed by atoms with E-state index < -0.39 is 0 Å². The molecule has 0 aliphatic carbocycles. The van der Waals surface area contributed by atoms with Gasteiger partial charge in [0.05, 0.1) is 19.9 Å². The van der Waals surface area contributed by atoms with Gasteiger partial charge < -0.3 is 14.2 Å². The van der Waals surface area contributed by atoms with Crippen LogP contribution in [0.2, 0.25) is 0 Å². The Bertz CT molecular complexity index is 979. The zero-order valence-electron chi connectivity index (χ0n) is 14.9. The molecule has 2 aromatic carbocycles. The third-order valence-electron chi connectivity index (χ3n) is 3.81. The van der Waals surface area contributed by atoms with Crippen LogP contribution in [0.4, 0.5) is 0 Å². The molecule has 0 spiro atoms. The van der Waals surface area contributed by atoms with Crippen molar-refractivity contribution in [2.75, 3.05) is 14.2 Å². The number of methoxy groups -OCH3 is 2. The Morgan fingerprint density at radius 2 is 1.73 bits per heavy atom. The molecule has 0 fully saturated rings. The van der Waals surface area contributed by atoms with Gasteiger partial charge in [-0.3, -0.25) is 4.79 Å². The highest BCUT2D eigenvalue weighted by atomic mass is 16.5. The van der Waals surface area contributed by atoms with E-state index >= 15 is 0 Å². The first-order valence-corrected chi connectivity index (χ1v) is 8.09. The quantitative estimate of drug-likeness (QED) is 0.506. The van der Waals surface area contributed by atoms with E-state index in [1.807, 2.05) is 54.6 Å². The molecule has 3 aromatic rings. The summed E-state index contributed by atoms with van der Waals surface area (Å²) in [6, 6.07) is 15.0. The Kier molecular flexibility index (Phi) is 5.17. The van der Waals surface area contributed by atoms with Crippen LogP contribution in [-0.4, -0.2) is 25.2 Å². The summed E-state index contributed by atoms with van der Waals surface area (Å²) in [6.07, 6.45) is 3.83. The van der Waals surface area contributed by atoms with Crippen molar-refractivity contribution < 1.29 is 19.0 Å². The molecular formula is C21H19NO4. The van der Waals surface area contributed by atoms with E-state index in [0.29, 0.717) is 22.8 Å². The molecule has 0 bridgehead atoms. The van der Waals surface area contributed by atoms with Crippen molar-refractivity contribution in [3.8, 4) is 17.2 Å². The highest BCUT2D eigenvalue weighted by molar-refractivity contribution is 5.88. The number of nitrogens with zero attached hydrogens (tertiary/aromatic N) is 1. The number of hydrogen-bond acceptors (Lipinski definition) is 5. The number of carbonyl (C=O) groups excluding carboxylic acids is 1. The van der Waals surface area contributed by atoms with Crippen molar-refractivity contribution in [3.05, 3.63) is 59.8 Å². The molecule has 26 heavy (non-hydrogen) atoms. The van der Waals surface area contributed by atoms with Crippen molar-refractivity contribution in [1.29, 1.82) is 0 Å². The van der Waals surface area contributed by atoms with Gasteiger partial charge in [-0.1, -0.05) is 30.3 Å². The third kappa shape index (κ3) is 3.83. The Morgan fingerprint density at radius 1 is 0.923 bits per heavy atom. The molecule has 3 rings (SSSR count). The summed E-state index contributed by atoms with van der Waals surface area (Å²) in [5.41, 5.74) is 2.36. The SMILES string of the molecule is COc1ccc(/C=C/c2ccc3cccc(OC(C)=O)c3n2)cc1OC. The Balaban J connectivity index is 1.93. The standard InChI is InChI=1S/C21H19NO4/c1-14(23)26-19-6-4-5-16-9-11-17(22-21(16)19)10-7-15-8-12-18(24-2)20(13-15)25-3/h4-13H,1-3H3/b10-7+. The normalized spacial score (nSPS) is 10.9. The van der Waals surface area contributed by atoms with Gasteiger partial charge >= 0.3 is 5.97 Å². The fraction of sp³-hybridized carbons (Fsp3) is 0.143. The van der Waals surface area contributed by atoms with Crippen molar-refractivity contribution in [3.63, 3.8) is 0 Å². The third-order valence-corrected chi connectivity index (χ3v) is 3.81. The molecular weight excluding hydrogens is 330 g/mol. The van der Waals surface area contributed by atoms with Crippen LogP contribution in [0.5, 0.6) is 17.2 Å². The van der Waals surface area contributed by atoms with E-state index in [4.69, 9.17) is 14.2 Å². The van der Waals surface area contributed by atoms with E-state index in [-0.39, 0.29) is 5.97 Å². The van der Waals surface area contributed by atoms with E-state index in [1.54, 1.807) is 20.3 Å². The summed E-state index contributed by atoms with van der Waals surface area (Å²) in [6.45, 7) is 1.37. The topological polar surface area (TPSA) is 57.7 Å². The lowest BCUT2D eigenvalue weighted by Crippen LogP contribution is -2.02. The molecule has 1 aromatic heterocycles. The smallest absolute Gasteiger partial charge is 0.308 e. The van der Waals surface area contributed by atoms with Crippen LogP contribution in [0.15, 0.2) is 48.5 Å². The van der Waals surface area contributed by atoms with E-state index in [0.717, 1.165) is 16.6 Å². The highest BCUT2D eigenvalue weighted by Gasteiger charge is 2.07. The van der Waals surface area contributed by atoms with Crippen LogP contribution in [0.1, 0.15) is 18.2 Å². The molecule has 5 heteroatoms. The maximum absolute atomic E-state index is 11.3. The number of benzene rings is 2. The summed E-state index contributed by atoms with van der Waals surface area (Å²) < 4.78 is 15.8. The van der Waals surface area contributed by atoms with Crippen LogP contribution in [0, 0.1) is 0 Å². The minimum absolute atomic E-state index is 0.370. The zero-order chi connectivity index (χ0) is 18.5. The zero-order valence-corrected chi connectivity index (χ0v) is 14.9. The molecule has 5 nitrogen and oxygen atoms in total. The fourth-order valence-electron chi connectivity index (χ4n) is 2.60. The molecule has 0 radical (unpaired) electrons. The second-order valence-electron chi connectivity index (χ2n) is 5.61. The predicted octanol–water partition coefficient (Wildman–Crippen LogP) is 4.35. The molecule has 0 aliphatic rings. The van der Waals surface area contributed by atoms with Gasteiger partial charge in [0.15, 0.2) is 17.2 Å². The van der Waals surface area contributed by atoms with Gasteiger partial charge in [-0.25, -0.2) is 4.98 Å². The number of ether oxygens (including phenoxy) is 3. The summed E-state index contributed by atoms with van der Waals surface area (Å²) in [5.74, 6) is 1.43. The van der Waals surface area contributed by atoms with Crippen LogP contribution < -0.4 is 14.2 Å². The van der Waals surface area contributed by atoms with Gasteiger partial charge in [-0.05, 0) is 35.9 Å². The summed E-state index contributed by atoms with van der Waals surface area (Å²) in [5, 5.41) is 0.909. The maximum Gasteiger partial charge on any atom is 0.308 e. The number of carbonyl (C=O) groups is 1. The van der Waals surface area contributed by atoms with Gasteiger partial charge in [0.25, 0.3) is 0 Å². The number of fused-ring (bicyclic) bond motifs is 1. The minimum atomic E-state index is -0.370. The second kappa shape index (κ2) is 7.70. The second-order valence-corrected chi connectivity index (χ2v) is 5.61. The minimum Gasteiger partial charge on any atom is -0.493 e. The monoisotopic (exact) mass is 349 g/mol. The molecule has 0 aliphatic heterocycles. The van der Waals surface area contributed by atoms with Crippen molar-refractivity contribution in [2.45, 2.75) is 6.92 Å². The molecule has 1 heterocycles. The first-order chi connectivity index (χ1) is 12.6. The van der Waals surface area contributed by atoms with Gasteiger partial charge in [-0.2, -0.15) is 0 Å². The number of para-hydroxylation sites is 1. The predicted molar refractivity (Wildman–Crippen MR) is 102 cm³/mol. The lowest BCUT2D eigenvalue weighted by Gasteiger charge is -2.08. The number of rotatable bonds is 5. The van der Waals surface area contributed by atoms with Gasteiger partial charge in [-0.15, -0.1) is 0 Å². The van der Waals surface area contributed by atoms with Crippen molar-refractivity contribution >= 4 is 29.0 Å². The lowest BCUT2D eigenvalue weighted by atomic mass is 10.1. The number of esters is 1. The Labute approximate surface area is 151 Å². The molecule has 0 N–H and O–H groups in total. The van der Waals surface area contributed by atoms with E-state index in [9.17, 15) is 4.79 Å². The van der Waals surface area contributed by atoms with Gasteiger partial charge in [0, 0.05) is 12.3 Å². The summed E-state index contributed by atoms with van der Waals surface area (Å²) in [4.78, 5) is 15.9. The van der Waals surface area contributed by atoms with Crippen LogP contribution in [0.3, 0.4) is 0 Å². The van der Waals surface area contributed by atoms with E-state index in [1.165, 1.54) is 6.92 Å². The van der Waals surface area contributed by atoms with Gasteiger partial charge in [0.1, 0.15) is 5.52 Å². The van der Waals surface area contributed by atoms with Crippen molar-refractivity contribution in [2.24, 2.45) is 0 Å². The fourth-order valence-corrected chi connectivity index (χ4v) is 2.60. The first kappa shape index (κ1) is 17.5. The number of hydrogen-bond donors (Lipinski definition) is 0. The Hall–Kier alpha value is -3.34. The Morgan fingerprint density at radius 3 is 2.46 bits per heavy atom. The van der Waals surface area contributed by atoms with E-state index in [2.05, 4.69) is 4.98 Å². The number of pyridine rings is 1. The number of aromatic nitrogens is 1. The molecule has 0 unspecified atom stereocenters. The van der Waals surface area contributed by atoms with Crippen LogP contribution >= 0.6 is 0 Å². The molecule has 0 saturated heterocycles. The molecule has 0 amide bonds. The largest absolute Gasteiger partial charge is 0.493 e. The summed E-state index contributed by atoms with van der Waals surface area (Å²) >= 11 is 0. The highest BCUT2D eigenvalue weighted by Crippen LogP contribution is 2.28. The average molecular weight is 349 g/mol. The van der Waals surface area contributed by atoms with Crippen LogP contribution in [-0.2, 0) is 4.79 Å². The average Bonchev–Trinajstić information content (AvgIpc) is 2.66.